The molecule has 0 bridgehead atoms. The van der Waals surface area contributed by atoms with Crippen molar-refractivity contribution >= 4 is 5.97 Å². The normalized spacial score (nSPS) is 13.4. The number of carboxylic acid groups (broad SMARTS) is 1. The number of carbonyl (C=O) groups is 1. The Morgan fingerprint density at radius 3 is 2.00 bits per heavy atom. The van der Waals surface area contributed by atoms with Crippen LogP contribution >= 0.6 is 0 Å². The smallest absolute Gasteiger partial charge is 0.309 e. The number of halogens is 1. The largest absolute Gasteiger partial charge is 0.481 e. The molecule has 0 heterocycles. The van der Waals surface area contributed by atoms with Crippen molar-refractivity contribution in [3.8, 4) is 0 Å². The van der Waals surface area contributed by atoms with E-state index in [0.29, 0.717) is 23.9 Å². The molecule has 1 aromatic carbocycles. The van der Waals surface area contributed by atoms with Crippen LogP contribution in [0, 0.1) is 22.6 Å². The molecule has 30 heavy (non-hydrogen) atoms. The Hall–Kier alpha value is -1.42. The predicted molar refractivity (Wildman–Crippen MR) is 122 cm³/mol. The van der Waals surface area contributed by atoms with Gasteiger partial charge < -0.3 is 9.84 Å². The second-order valence-electron chi connectivity index (χ2n) is 10.3. The van der Waals surface area contributed by atoms with E-state index in [4.69, 9.17) is 4.74 Å². The second-order valence-corrected chi connectivity index (χ2v) is 10.3. The lowest BCUT2D eigenvalue weighted by Gasteiger charge is -2.39. The third-order valence-electron chi connectivity index (χ3n) is 6.68. The van der Waals surface area contributed by atoms with E-state index in [1.54, 1.807) is 12.1 Å². The van der Waals surface area contributed by atoms with Gasteiger partial charge in [0.2, 0.25) is 0 Å². The molecule has 3 nitrogen and oxygen atoms in total. The fourth-order valence-electron chi connectivity index (χ4n) is 3.38. The lowest BCUT2D eigenvalue weighted by molar-refractivity contribution is -0.143. The summed E-state index contributed by atoms with van der Waals surface area (Å²) in [6.07, 6.45) is 10.1. The van der Waals surface area contributed by atoms with Crippen LogP contribution in [-0.4, -0.2) is 24.3 Å². The highest BCUT2D eigenvalue weighted by Crippen LogP contribution is 2.41. The molecular formula is C26H43FO3. The van der Waals surface area contributed by atoms with Gasteiger partial charge in [-0.1, -0.05) is 85.3 Å². The number of carboxylic acids is 1. The summed E-state index contributed by atoms with van der Waals surface area (Å²) in [5.41, 5.74) is 1.55. The minimum Gasteiger partial charge on any atom is -0.481 e. The average molecular weight is 423 g/mol. The predicted octanol–water partition coefficient (Wildman–Crippen LogP) is 7.28. The summed E-state index contributed by atoms with van der Waals surface area (Å²) in [4.78, 5) is 11.4. The highest BCUT2D eigenvalue weighted by molar-refractivity contribution is 5.70. The maximum atomic E-state index is 13.0. The summed E-state index contributed by atoms with van der Waals surface area (Å²) in [6, 6.07) is 5.99. The molecule has 0 spiro atoms. The molecule has 4 heteroatoms. The zero-order chi connectivity index (χ0) is 22.6. The van der Waals surface area contributed by atoms with Gasteiger partial charge in [0, 0.05) is 6.61 Å². The summed E-state index contributed by atoms with van der Waals surface area (Å²) < 4.78 is 18.6. The van der Waals surface area contributed by atoms with Crippen LogP contribution in [0.15, 0.2) is 24.3 Å². The van der Waals surface area contributed by atoms with Crippen molar-refractivity contribution in [3.05, 3.63) is 35.6 Å². The van der Waals surface area contributed by atoms with Gasteiger partial charge in [-0.3, -0.25) is 4.79 Å². The first-order valence-electron chi connectivity index (χ1n) is 11.6. The van der Waals surface area contributed by atoms with E-state index in [1.165, 1.54) is 50.7 Å². The monoisotopic (exact) mass is 422 g/mol. The van der Waals surface area contributed by atoms with Gasteiger partial charge in [-0.25, -0.2) is 4.39 Å². The highest BCUT2D eigenvalue weighted by atomic mass is 19.1. The maximum Gasteiger partial charge on any atom is 0.309 e. The Morgan fingerprint density at radius 1 is 0.933 bits per heavy atom. The van der Waals surface area contributed by atoms with E-state index in [1.807, 2.05) is 0 Å². The lowest BCUT2D eigenvalue weighted by Crippen LogP contribution is -2.29. The van der Waals surface area contributed by atoms with Crippen molar-refractivity contribution in [2.24, 2.45) is 16.7 Å². The van der Waals surface area contributed by atoms with Gasteiger partial charge >= 0.3 is 5.97 Å². The average Bonchev–Trinajstić information content (AvgIpc) is 2.65. The summed E-state index contributed by atoms with van der Waals surface area (Å²) in [5, 5.41) is 9.37. The molecule has 1 atom stereocenters. The van der Waals surface area contributed by atoms with Crippen LogP contribution < -0.4 is 0 Å². The molecule has 0 aliphatic carbocycles. The van der Waals surface area contributed by atoms with Crippen molar-refractivity contribution in [2.75, 3.05) is 13.2 Å². The SMILES string of the molecule is CC(C)(C)C(C)(C)CCCCCCCCCOCC(Cc1ccc(F)cc1)C(=O)O. The van der Waals surface area contributed by atoms with E-state index in [0.717, 1.165) is 18.4 Å². The summed E-state index contributed by atoms with van der Waals surface area (Å²) in [6.45, 7) is 12.6. The maximum absolute atomic E-state index is 13.0. The van der Waals surface area contributed by atoms with Crippen LogP contribution in [0.3, 0.4) is 0 Å². The number of hydrogen-bond donors (Lipinski definition) is 1. The standard InChI is InChI=1S/C26H43FO3/c1-25(2,3)26(4,5)17-11-9-7-6-8-10-12-18-30-20-22(24(28)29)19-21-13-15-23(27)16-14-21/h13-16,22H,6-12,17-20H2,1-5H3,(H,28,29). The molecule has 0 saturated carbocycles. The summed E-state index contributed by atoms with van der Waals surface area (Å²) >= 11 is 0. The zero-order valence-electron chi connectivity index (χ0n) is 19.8. The fourth-order valence-corrected chi connectivity index (χ4v) is 3.38. The number of hydrogen-bond acceptors (Lipinski definition) is 2. The van der Waals surface area contributed by atoms with Gasteiger partial charge in [-0.2, -0.15) is 0 Å². The van der Waals surface area contributed by atoms with Gasteiger partial charge in [0.1, 0.15) is 5.82 Å². The van der Waals surface area contributed by atoms with Gasteiger partial charge in [-0.05, 0) is 47.8 Å². The third-order valence-corrected chi connectivity index (χ3v) is 6.68. The molecule has 0 aliphatic rings. The molecule has 172 valence electrons. The Labute approximate surface area is 183 Å². The van der Waals surface area contributed by atoms with E-state index in [-0.39, 0.29) is 12.4 Å². The van der Waals surface area contributed by atoms with Crippen molar-refractivity contribution in [3.63, 3.8) is 0 Å². The molecular weight excluding hydrogens is 379 g/mol. The van der Waals surface area contributed by atoms with Crippen LogP contribution in [0.5, 0.6) is 0 Å². The Kier molecular flexibility index (Phi) is 11.6. The van der Waals surface area contributed by atoms with Gasteiger partial charge in [0.05, 0.1) is 12.5 Å². The Balaban J connectivity index is 2.06. The van der Waals surface area contributed by atoms with Gasteiger partial charge in [0.25, 0.3) is 0 Å². The number of unbranched alkanes of at least 4 members (excludes halogenated alkanes) is 6. The Morgan fingerprint density at radius 2 is 1.47 bits per heavy atom. The molecule has 0 saturated heterocycles. The quantitative estimate of drug-likeness (QED) is 0.302. The minimum absolute atomic E-state index is 0.205. The first kappa shape index (κ1) is 26.6. The molecule has 0 aromatic heterocycles. The third kappa shape index (κ3) is 10.6. The molecule has 0 radical (unpaired) electrons. The minimum atomic E-state index is -0.867. The van der Waals surface area contributed by atoms with E-state index >= 15 is 0 Å². The number of aliphatic carboxylic acids is 1. The molecule has 0 amide bonds. The van der Waals surface area contributed by atoms with Crippen LogP contribution in [0.4, 0.5) is 4.39 Å². The first-order valence-corrected chi connectivity index (χ1v) is 11.6. The van der Waals surface area contributed by atoms with Crippen LogP contribution in [-0.2, 0) is 16.0 Å². The van der Waals surface area contributed by atoms with Crippen molar-refractivity contribution in [2.45, 2.75) is 92.4 Å². The van der Waals surface area contributed by atoms with Crippen LogP contribution in [0.25, 0.3) is 0 Å². The molecule has 0 fully saturated rings. The fraction of sp³-hybridized carbons (Fsp3) is 0.731. The van der Waals surface area contributed by atoms with Gasteiger partial charge in [-0.15, -0.1) is 0 Å². The molecule has 1 N–H and O–H groups in total. The van der Waals surface area contributed by atoms with Crippen molar-refractivity contribution in [1.29, 1.82) is 0 Å². The van der Waals surface area contributed by atoms with Crippen LogP contribution in [0.1, 0.15) is 91.5 Å². The summed E-state index contributed by atoms with van der Waals surface area (Å²) in [7, 11) is 0. The zero-order valence-corrected chi connectivity index (χ0v) is 19.8. The van der Waals surface area contributed by atoms with E-state index < -0.39 is 11.9 Å². The summed E-state index contributed by atoms with van der Waals surface area (Å²) in [5.74, 6) is -1.77. The molecule has 1 rings (SSSR count). The van der Waals surface area contributed by atoms with Crippen molar-refractivity contribution in [1.82, 2.24) is 0 Å². The first-order chi connectivity index (χ1) is 14.0. The topological polar surface area (TPSA) is 46.5 Å². The molecule has 1 aromatic rings. The second kappa shape index (κ2) is 13.1. The van der Waals surface area contributed by atoms with E-state index in [9.17, 15) is 14.3 Å². The molecule has 0 aliphatic heterocycles. The molecule has 1 unspecified atom stereocenters. The number of ether oxygens (including phenoxy) is 1. The van der Waals surface area contributed by atoms with Crippen molar-refractivity contribution < 1.29 is 19.0 Å². The van der Waals surface area contributed by atoms with Gasteiger partial charge in [0.15, 0.2) is 0 Å². The highest BCUT2D eigenvalue weighted by Gasteiger charge is 2.31. The number of rotatable bonds is 15. The van der Waals surface area contributed by atoms with Crippen LogP contribution in [0.2, 0.25) is 0 Å². The Bertz CT molecular complexity index is 602. The number of benzene rings is 1. The lowest BCUT2D eigenvalue weighted by atomic mass is 9.67. The van der Waals surface area contributed by atoms with E-state index in [2.05, 4.69) is 34.6 Å².